The second kappa shape index (κ2) is 6.28. The fourth-order valence-corrected chi connectivity index (χ4v) is 1.94. The molecule has 4 nitrogen and oxygen atoms in total. The van der Waals surface area contributed by atoms with Crippen LogP contribution < -0.4 is 5.32 Å². The van der Waals surface area contributed by atoms with Crippen molar-refractivity contribution in [3.8, 4) is 0 Å². The Morgan fingerprint density at radius 3 is 2.40 bits per heavy atom. The van der Waals surface area contributed by atoms with Crippen LogP contribution in [0.5, 0.6) is 0 Å². The highest BCUT2D eigenvalue weighted by atomic mass is 16.2. The van der Waals surface area contributed by atoms with Crippen molar-refractivity contribution in [2.45, 2.75) is 13.0 Å². The van der Waals surface area contributed by atoms with Gasteiger partial charge in [0, 0.05) is 45.8 Å². The first-order valence-electron chi connectivity index (χ1n) is 6.68. The van der Waals surface area contributed by atoms with E-state index < -0.39 is 0 Å². The highest BCUT2D eigenvalue weighted by Crippen LogP contribution is 2.12. The summed E-state index contributed by atoms with van der Waals surface area (Å²) in [4.78, 5) is 13.2. The third-order valence-electron chi connectivity index (χ3n) is 3.20. The Hall–Kier alpha value is -2.23. The summed E-state index contributed by atoms with van der Waals surface area (Å²) in [7, 11) is 5.57. The van der Waals surface area contributed by atoms with Gasteiger partial charge in [0.2, 0.25) is 5.91 Å². The van der Waals surface area contributed by atoms with Gasteiger partial charge in [-0.2, -0.15) is 0 Å². The molecule has 1 aromatic heterocycles. The normalized spacial score (nSPS) is 10.3. The van der Waals surface area contributed by atoms with E-state index in [0.717, 1.165) is 17.8 Å². The molecule has 0 saturated carbocycles. The molecule has 2 rings (SSSR count). The van der Waals surface area contributed by atoms with E-state index in [1.165, 1.54) is 5.56 Å². The SMILES string of the molecule is CN(C)C(=O)Cc1ccc(NCc2ccn(C)c2)cc1. The number of aryl methyl sites for hydroxylation is 1. The molecule has 0 atom stereocenters. The number of rotatable bonds is 5. The Morgan fingerprint density at radius 1 is 1.15 bits per heavy atom. The lowest BCUT2D eigenvalue weighted by Crippen LogP contribution is -2.23. The van der Waals surface area contributed by atoms with Crippen molar-refractivity contribution < 1.29 is 4.79 Å². The second-order valence-electron chi connectivity index (χ2n) is 5.20. The number of aromatic nitrogens is 1. The lowest BCUT2D eigenvalue weighted by atomic mass is 10.1. The van der Waals surface area contributed by atoms with Crippen molar-refractivity contribution in [3.63, 3.8) is 0 Å². The summed E-state index contributed by atoms with van der Waals surface area (Å²) in [6.45, 7) is 0.802. The number of likely N-dealkylation sites (N-methyl/N-ethyl adjacent to an activating group) is 1. The maximum absolute atomic E-state index is 11.6. The molecule has 0 bridgehead atoms. The van der Waals surface area contributed by atoms with Gasteiger partial charge in [-0.1, -0.05) is 12.1 Å². The van der Waals surface area contributed by atoms with E-state index in [4.69, 9.17) is 0 Å². The van der Waals surface area contributed by atoms with Gasteiger partial charge in [-0.05, 0) is 29.3 Å². The Morgan fingerprint density at radius 2 is 1.85 bits per heavy atom. The summed E-state index contributed by atoms with van der Waals surface area (Å²) in [5.41, 5.74) is 3.35. The molecule has 0 unspecified atom stereocenters. The Balaban J connectivity index is 1.89. The van der Waals surface area contributed by atoms with E-state index >= 15 is 0 Å². The average Bonchev–Trinajstić information content (AvgIpc) is 2.83. The molecule has 0 saturated heterocycles. The Kier molecular flexibility index (Phi) is 4.45. The third kappa shape index (κ3) is 3.88. The van der Waals surface area contributed by atoms with Gasteiger partial charge < -0.3 is 14.8 Å². The molecule has 0 spiro atoms. The highest BCUT2D eigenvalue weighted by Gasteiger charge is 2.05. The van der Waals surface area contributed by atoms with E-state index in [1.807, 2.05) is 42.1 Å². The summed E-state index contributed by atoms with van der Waals surface area (Å²) >= 11 is 0. The fourth-order valence-electron chi connectivity index (χ4n) is 1.94. The van der Waals surface area contributed by atoms with Crippen LogP contribution in [-0.2, 0) is 24.8 Å². The monoisotopic (exact) mass is 271 g/mol. The number of nitrogens with zero attached hydrogens (tertiary/aromatic N) is 2. The lowest BCUT2D eigenvalue weighted by Gasteiger charge is -2.10. The number of carbonyl (C=O) groups is 1. The molecule has 0 aliphatic heterocycles. The molecule has 20 heavy (non-hydrogen) atoms. The number of hydrogen-bond donors (Lipinski definition) is 1. The first kappa shape index (κ1) is 14.2. The van der Waals surface area contributed by atoms with Gasteiger partial charge in [0.25, 0.3) is 0 Å². The second-order valence-corrected chi connectivity index (χ2v) is 5.20. The lowest BCUT2D eigenvalue weighted by molar-refractivity contribution is -0.127. The topological polar surface area (TPSA) is 37.3 Å². The van der Waals surface area contributed by atoms with Crippen LogP contribution in [0, 0.1) is 0 Å². The van der Waals surface area contributed by atoms with Gasteiger partial charge in [0.15, 0.2) is 0 Å². The predicted octanol–water partition coefficient (Wildman–Crippen LogP) is 2.27. The zero-order valence-electron chi connectivity index (χ0n) is 12.3. The van der Waals surface area contributed by atoms with Gasteiger partial charge in [-0.15, -0.1) is 0 Å². The summed E-state index contributed by atoms with van der Waals surface area (Å²) in [6, 6.07) is 10.1. The maximum atomic E-state index is 11.6. The number of hydrogen-bond acceptors (Lipinski definition) is 2. The van der Waals surface area contributed by atoms with Gasteiger partial charge in [0.1, 0.15) is 0 Å². The molecule has 0 radical (unpaired) electrons. The molecule has 2 aromatic rings. The first-order chi connectivity index (χ1) is 9.54. The van der Waals surface area contributed by atoms with Crippen molar-refractivity contribution in [1.82, 2.24) is 9.47 Å². The quantitative estimate of drug-likeness (QED) is 0.906. The van der Waals surface area contributed by atoms with Gasteiger partial charge in [-0.3, -0.25) is 4.79 Å². The van der Waals surface area contributed by atoms with Crippen LogP contribution in [0.4, 0.5) is 5.69 Å². The van der Waals surface area contributed by atoms with E-state index in [0.29, 0.717) is 6.42 Å². The molecule has 1 aromatic carbocycles. The molecular formula is C16H21N3O. The zero-order chi connectivity index (χ0) is 14.5. The number of amides is 1. The van der Waals surface area contributed by atoms with Gasteiger partial charge in [0.05, 0.1) is 6.42 Å². The molecule has 1 heterocycles. The predicted molar refractivity (Wildman–Crippen MR) is 81.6 cm³/mol. The third-order valence-corrected chi connectivity index (χ3v) is 3.20. The molecule has 4 heteroatoms. The molecular weight excluding hydrogens is 250 g/mol. The minimum atomic E-state index is 0.120. The van der Waals surface area contributed by atoms with Gasteiger partial charge >= 0.3 is 0 Å². The summed E-state index contributed by atoms with van der Waals surface area (Å²) in [5.74, 6) is 0.120. The van der Waals surface area contributed by atoms with Crippen LogP contribution in [0.15, 0.2) is 42.7 Å². The Labute approximate surface area is 120 Å². The maximum Gasteiger partial charge on any atom is 0.226 e. The van der Waals surface area contributed by atoms with Crippen LogP contribution in [-0.4, -0.2) is 29.5 Å². The van der Waals surface area contributed by atoms with E-state index in [1.54, 1.807) is 19.0 Å². The molecule has 0 aliphatic rings. The van der Waals surface area contributed by atoms with E-state index in [-0.39, 0.29) is 5.91 Å². The molecule has 106 valence electrons. The molecule has 0 aliphatic carbocycles. The summed E-state index contributed by atoms with van der Waals surface area (Å²) in [6.07, 6.45) is 4.58. The zero-order valence-corrected chi connectivity index (χ0v) is 12.3. The molecule has 1 N–H and O–H groups in total. The number of benzene rings is 1. The van der Waals surface area contributed by atoms with Crippen LogP contribution in [0.2, 0.25) is 0 Å². The van der Waals surface area contributed by atoms with Crippen molar-refractivity contribution in [2.75, 3.05) is 19.4 Å². The molecule has 1 amide bonds. The van der Waals surface area contributed by atoms with Crippen molar-refractivity contribution in [3.05, 3.63) is 53.9 Å². The fraction of sp³-hybridized carbons (Fsp3) is 0.312. The average molecular weight is 271 g/mol. The van der Waals surface area contributed by atoms with Crippen molar-refractivity contribution >= 4 is 11.6 Å². The summed E-state index contributed by atoms with van der Waals surface area (Å²) < 4.78 is 2.03. The van der Waals surface area contributed by atoms with Crippen LogP contribution >= 0.6 is 0 Å². The van der Waals surface area contributed by atoms with E-state index in [9.17, 15) is 4.79 Å². The molecule has 0 fully saturated rings. The highest BCUT2D eigenvalue weighted by molar-refractivity contribution is 5.78. The number of carbonyl (C=O) groups excluding carboxylic acids is 1. The van der Waals surface area contributed by atoms with Crippen molar-refractivity contribution in [1.29, 1.82) is 0 Å². The minimum absolute atomic E-state index is 0.120. The minimum Gasteiger partial charge on any atom is -0.381 e. The smallest absolute Gasteiger partial charge is 0.226 e. The van der Waals surface area contributed by atoms with E-state index in [2.05, 4.69) is 17.6 Å². The van der Waals surface area contributed by atoms with Gasteiger partial charge in [-0.25, -0.2) is 0 Å². The van der Waals surface area contributed by atoms with Crippen LogP contribution in [0.25, 0.3) is 0 Å². The van der Waals surface area contributed by atoms with Crippen LogP contribution in [0.1, 0.15) is 11.1 Å². The number of anilines is 1. The largest absolute Gasteiger partial charge is 0.381 e. The standard InChI is InChI=1S/C16H21N3O/c1-18(2)16(20)10-13-4-6-15(7-5-13)17-11-14-8-9-19(3)12-14/h4-9,12,17H,10-11H2,1-3H3. The number of nitrogens with one attached hydrogen (secondary N) is 1. The van der Waals surface area contributed by atoms with Crippen LogP contribution in [0.3, 0.4) is 0 Å². The first-order valence-corrected chi connectivity index (χ1v) is 6.68. The van der Waals surface area contributed by atoms with Crippen molar-refractivity contribution in [2.24, 2.45) is 7.05 Å². The Bertz CT molecular complexity index is 570. The summed E-state index contributed by atoms with van der Waals surface area (Å²) in [5, 5.41) is 3.37.